The van der Waals surface area contributed by atoms with Gasteiger partial charge in [-0.05, 0) is 12.5 Å². The molecular formula is C14H18N4O. The van der Waals surface area contributed by atoms with Crippen molar-refractivity contribution in [3.63, 3.8) is 0 Å². The number of nitrogens with two attached hydrogens (primary N) is 1. The molecule has 2 rings (SSSR count). The summed E-state index contributed by atoms with van der Waals surface area (Å²) in [5, 5.41) is 6.97. The topological polar surface area (TPSA) is 72.9 Å². The fraction of sp³-hybridized carbons (Fsp3) is 0.286. The molecule has 0 bridgehead atoms. The Bertz CT molecular complexity index is 550. The third kappa shape index (κ3) is 3.20. The first-order valence-corrected chi connectivity index (χ1v) is 6.17. The highest BCUT2D eigenvalue weighted by atomic mass is 16.2. The Labute approximate surface area is 112 Å². The second kappa shape index (κ2) is 5.67. The summed E-state index contributed by atoms with van der Waals surface area (Å²) in [7, 11) is 1.84. The maximum atomic E-state index is 12.1. The maximum Gasteiger partial charge on any atom is 0.241 e. The normalized spacial score (nSPS) is 13.8. The summed E-state index contributed by atoms with van der Waals surface area (Å²) >= 11 is 0. The SMILES string of the molecule is CC(NC(=O)C(N)c1ccccc1)c1cnn(C)c1. The van der Waals surface area contributed by atoms with E-state index in [1.54, 1.807) is 10.9 Å². The van der Waals surface area contributed by atoms with Crippen molar-refractivity contribution in [2.75, 3.05) is 0 Å². The molecule has 1 aromatic carbocycles. The fourth-order valence-corrected chi connectivity index (χ4v) is 1.86. The lowest BCUT2D eigenvalue weighted by Gasteiger charge is -2.16. The molecule has 2 unspecified atom stereocenters. The van der Waals surface area contributed by atoms with E-state index in [9.17, 15) is 4.79 Å². The van der Waals surface area contributed by atoms with Crippen molar-refractivity contribution < 1.29 is 4.79 Å². The summed E-state index contributed by atoms with van der Waals surface area (Å²) in [6, 6.07) is 8.56. The molecule has 1 amide bonds. The number of carbonyl (C=O) groups excluding carboxylic acids is 1. The number of hydrogen-bond acceptors (Lipinski definition) is 3. The number of nitrogens with one attached hydrogen (secondary N) is 1. The van der Waals surface area contributed by atoms with Gasteiger partial charge in [0.2, 0.25) is 5.91 Å². The van der Waals surface area contributed by atoms with Gasteiger partial charge in [-0.25, -0.2) is 0 Å². The van der Waals surface area contributed by atoms with Gasteiger partial charge >= 0.3 is 0 Å². The minimum absolute atomic E-state index is 0.115. The van der Waals surface area contributed by atoms with Gasteiger partial charge in [-0.15, -0.1) is 0 Å². The lowest BCUT2D eigenvalue weighted by molar-refractivity contribution is -0.123. The van der Waals surface area contributed by atoms with Crippen LogP contribution < -0.4 is 11.1 Å². The second-order valence-electron chi connectivity index (χ2n) is 4.57. The average molecular weight is 258 g/mol. The van der Waals surface area contributed by atoms with Gasteiger partial charge < -0.3 is 11.1 Å². The number of carbonyl (C=O) groups is 1. The molecule has 100 valence electrons. The van der Waals surface area contributed by atoms with Crippen molar-refractivity contribution in [3.05, 3.63) is 53.9 Å². The van der Waals surface area contributed by atoms with E-state index < -0.39 is 6.04 Å². The molecule has 0 saturated heterocycles. The highest BCUT2D eigenvalue weighted by Crippen LogP contribution is 2.14. The predicted octanol–water partition coefficient (Wildman–Crippen LogP) is 1.30. The van der Waals surface area contributed by atoms with Crippen LogP contribution >= 0.6 is 0 Å². The summed E-state index contributed by atoms with van der Waals surface area (Å²) < 4.78 is 1.70. The first-order chi connectivity index (χ1) is 9.08. The van der Waals surface area contributed by atoms with E-state index in [1.165, 1.54) is 0 Å². The Morgan fingerprint density at radius 2 is 2.00 bits per heavy atom. The standard InChI is InChI=1S/C14H18N4O/c1-10(12-8-16-18(2)9-12)17-14(19)13(15)11-6-4-3-5-7-11/h3-10,13H,15H2,1-2H3,(H,17,19). The summed E-state index contributed by atoms with van der Waals surface area (Å²) in [5.74, 6) is -0.192. The average Bonchev–Trinajstić information content (AvgIpc) is 2.85. The van der Waals surface area contributed by atoms with E-state index in [1.807, 2.05) is 50.5 Å². The Kier molecular flexibility index (Phi) is 3.97. The summed E-state index contributed by atoms with van der Waals surface area (Å²) in [5.41, 5.74) is 7.70. The number of amides is 1. The van der Waals surface area contributed by atoms with Crippen LogP contribution in [0.25, 0.3) is 0 Å². The van der Waals surface area contributed by atoms with Crippen molar-refractivity contribution in [2.24, 2.45) is 12.8 Å². The number of rotatable bonds is 4. The molecule has 0 aliphatic rings. The third-order valence-electron chi connectivity index (χ3n) is 3.02. The van der Waals surface area contributed by atoms with Crippen LogP contribution in [0.5, 0.6) is 0 Å². The molecule has 5 heteroatoms. The van der Waals surface area contributed by atoms with Crippen molar-refractivity contribution in [3.8, 4) is 0 Å². The van der Waals surface area contributed by atoms with Crippen LogP contribution in [-0.2, 0) is 11.8 Å². The summed E-state index contributed by atoms with van der Waals surface area (Å²) in [6.45, 7) is 1.91. The number of hydrogen-bond donors (Lipinski definition) is 2. The Morgan fingerprint density at radius 1 is 1.32 bits per heavy atom. The minimum Gasteiger partial charge on any atom is -0.348 e. The first-order valence-electron chi connectivity index (χ1n) is 6.17. The van der Waals surface area contributed by atoms with E-state index in [2.05, 4.69) is 10.4 Å². The lowest BCUT2D eigenvalue weighted by Crippen LogP contribution is -2.35. The van der Waals surface area contributed by atoms with E-state index in [4.69, 9.17) is 5.73 Å². The zero-order valence-corrected chi connectivity index (χ0v) is 11.1. The molecule has 0 aliphatic carbocycles. The van der Waals surface area contributed by atoms with Crippen molar-refractivity contribution in [1.29, 1.82) is 0 Å². The van der Waals surface area contributed by atoms with E-state index in [-0.39, 0.29) is 11.9 Å². The van der Waals surface area contributed by atoms with Crippen LogP contribution in [0.1, 0.15) is 30.1 Å². The fourth-order valence-electron chi connectivity index (χ4n) is 1.86. The monoisotopic (exact) mass is 258 g/mol. The molecule has 0 aliphatic heterocycles. The van der Waals surface area contributed by atoms with Gasteiger partial charge in [-0.2, -0.15) is 5.10 Å². The smallest absolute Gasteiger partial charge is 0.241 e. The third-order valence-corrected chi connectivity index (χ3v) is 3.02. The van der Waals surface area contributed by atoms with Crippen LogP contribution in [0.15, 0.2) is 42.7 Å². The quantitative estimate of drug-likeness (QED) is 0.868. The van der Waals surface area contributed by atoms with Crippen molar-refractivity contribution in [2.45, 2.75) is 19.0 Å². The van der Waals surface area contributed by atoms with Gasteiger partial charge in [0.05, 0.1) is 12.2 Å². The van der Waals surface area contributed by atoms with E-state index in [0.717, 1.165) is 11.1 Å². The Hall–Kier alpha value is -2.14. The first kappa shape index (κ1) is 13.3. The molecule has 2 atom stereocenters. The van der Waals surface area contributed by atoms with Crippen LogP contribution in [0, 0.1) is 0 Å². The van der Waals surface area contributed by atoms with E-state index in [0.29, 0.717) is 0 Å². The summed E-state index contributed by atoms with van der Waals surface area (Å²) in [4.78, 5) is 12.1. The number of aromatic nitrogens is 2. The molecule has 2 aromatic rings. The van der Waals surface area contributed by atoms with Gasteiger partial charge in [0.25, 0.3) is 0 Å². The highest BCUT2D eigenvalue weighted by molar-refractivity contribution is 5.83. The molecule has 5 nitrogen and oxygen atoms in total. The molecule has 1 heterocycles. The second-order valence-corrected chi connectivity index (χ2v) is 4.57. The molecule has 1 aromatic heterocycles. The van der Waals surface area contributed by atoms with Gasteiger partial charge in [0, 0.05) is 18.8 Å². The highest BCUT2D eigenvalue weighted by Gasteiger charge is 2.18. The van der Waals surface area contributed by atoms with Gasteiger partial charge in [0.1, 0.15) is 6.04 Å². The largest absolute Gasteiger partial charge is 0.348 e. The van der Waals surface area contributed by atoms with Gasteiger partial charge in [-0.3, -0.25) is 9.48 Å². The molecule has 0 radical (unpaired) electrons. The van der Waals surface area contributed by atoms with Crippen molar-refractivity contribution in [1.82, 2.24) is 15.1 Å². The van der Waals surface area contributed by atoms with Crippen LogP contribution in [0.4, 0.5) is 0 Å². The minimum atomic E-state index is -0.652. The van der Waals surface area contributed by atoms with Crippen molar-refractivity contribution >= 4 is 5.91 Å². The van der Waals surface area contributed by atoms with Gasteiger partial charge in [-0.1, -0.05) is 30.3 Å². The zero-order valence-electron chi connectivity index (χ0n) is 11.1. The Balaban J connectivity index is 2.01. The predicted molar refractivity (Wildman–Crippen MR) is 73.1 cm³/mol. The molecule has 0 saturated carbocycles. The van der Waals surface area contributed by atoms with Gasteiger partial charge in [0.15, 0.2) is 0 Å². The maximum absolute atomic E-state index is 12.1. The lowest BCUT2D eigenvalue weighted by atomic mass is 10.1. The van der Waals surface area contributed by atoms with Crippen LogP contribution in [-0.4, -0.2) is 15.7 Å². The number of aryl methyl sites for hydroxylation is 1. The molecular weight excluding hydrogens is 240 g/mol. The number of nitrogens with zero attached hydrogens (tertiary/aromatic N) is 2. The molecule has 0 fully saturated rings. The summed E-state index contributed by atoms with van der Waals surface area (Å²) in [6.07, 6.45) is 3.61. The molecule has 0 spiro atoms. The molecule has 3 N–H and O–H groups in total. The Morgan fingerprint density at radius 3 is 2.58 bits per heavy atom. The van der Waals surface area contributed by atoms with E-state index >= 15 is 0 Å². The zero-order chi connectivity index (χ0) is 13.8. The number of benzene rings is 1. The van der Waals surface area contributed by atoms with Crippen LogP contribution in [0.3, 0.4) is 0 Å². The molecule has 19 heavy (non-hydrogen) atoms. The van der Waals surface area contributed by atoms with Crippen LogP contribution in [0.2, 0.25) is 0 Å².